The largest absolute Gasteiger partial charge is 0.393 e. The maximum absolute atomic E-state index is 12.3. The summed E-state index contributed by atoms with van der Waals surface area (Å²) in [6, 6.07) is 0. The van der Waals surface area contributed by atoms with Crippen molar-refractivity contribution in [2.45, 2.75) is 143 Å². The van der Waals surface area contributed by atoms with E-state index in [0.29, 0.717) is 41.1 Å². The lowest BCUT2D eigenvalue weighted by Gasteiger charge is -2.63. The van der Waals surface area contributed by atoms with Gasteiger partial charge in [-0.15, -0.1) is 0 Å². The van der Waals surface area contributed by atoms with Gasteiger partial charge in [-0.25, -0.2) is 0 Å². The van der Waals surface area contributed by atoms with Crippen LogP contribution in [0.15, 0.2) is 0 Å². The van der Waals surface area contributed by atoms with Gasteiger partial charge >= 0.3 is 0 Å². The van der Waals surface area contributed by atoms with E-state index in [1.165, 1.54) is 19.3 Å². The first-order chi connectivity index (χ1) is 17.1. The second-order valence-corrected chi connectivity index (χ2v) is 16.1. The van der Waals surface area contributed by atoms with Crippen molar-refractivity contribution in [1.82, 2.24) is 0 Å². The highest BCUT2D eigenvalue weighted by Gasteiger charge is 2.84. The zero-order chi connectivity index (χ0) is 27.0. The van der Waals surface area contributed by atoms with E-state index in [1.807, 2.05) is 20.8 Å². The van der Waals surface area contributed by atoms with Crippen LogP contribution in [0.3, 0.4) is 0 Å². The topological polar surface area (TPSA) is 79.2 Å². The summed E-state index contributed by atoms with van der Waals surface area (Å²) in [5, 5.41) is 34.2. The molecule has 2 spiro atoms. The Balaban J connectivity index is 1.35. The number of rotatable bonds is 4. The van der Waals surface area contributed by atoms with Crippen LogP contribution in [0.25, 0.3) is 0 Å². The van der Waals surface area contributed by atoms with Gasteiger partial charge in [-0.3, -0.25) is 0 Å². The first-order valence-electron chi connectivity index (χ1n) is 15.5. The minimum atomic E-state index is -1.00. The molecule has 0 aromatic carbocycles. The van der Waals surface area contributed by atoms with Crippen LogP contribution in [0.4, 0.5) is 0 Å². The molecule has 1 aliphatic heterocycles. The van der Waals surface area contributed by atoms with E-state index < -0.39 is 17.8 Å². The first-order valence-corrected chi connectivity index (χ1v) is 15.5. The van der Waals surface area contributed by atoms with E-state index in [1.54, 1.807) is 0 Å². The SMILES string of the molecule is CCO[C@@H](C1C[C@@H](C)[C@H]2C(O1)[C@H](O)[C@@]1(C)C3CC[C@H]4C(C)(C)[C@@H](O)CC[C@@]45CC35CC[C@]21C)C(C)(C)O. The van der Waals surface area contributed by atoms with Gasteiger partial charge in [0.15, 0.2) is 0 Å². The van der Waals surface area contributed by atoms with E-state index in [4.69, 9.17) is 9.47 Å². The Labute approximate surface area is 225 Å². The van der Waals surface area contributed by atoms with Crippen LogP contribution in [-0.2, 0) is 9.47 Å². The first kappa shape index (κ1) is 27.0. The van der Waals surface area contributed by atoms with Crippen molar-refractivity contribution in [3.05, 3.63) is 0 Å². The molecule has 0 amide bonds. The molecule has 212 valence electrons. The Morgan fingerprint density at radius 3 is 2.27 bits per heavy atom. The predicted octanol–water partition coefficient (Wildman–Crippen LogP) is 5.34. The molecule has 4 unspecified atom stereocenters. The molecule has 0 bridgehead atoms. The summed E-state index contributed by atoms with van der Waals surface area (Å²) in [4.78, 5) is 0. The molecule has 1 saturated heterocycles. The van der Waals surface area contributed by atoms with Crippen molar-refractivity contribution in [3.8, 4) is 0 Å². The van der Waals surface area contributed by atoms with Crippen LogP contribution in [0, 0.1) is 50.7 Å². The second-order valence-electron chi connectivity index (χ2n) is 16.1. The van der Waals surface area contributed by atoms with Crippen molar-refractivity contribution in [2.24, 2.45) is 50.7 Å². The molecule has 5 heteroatoms. The van der Waals surface area contributed by atoms with Gasteiger partial charge in [0.05, 0.1) is 30.0 Å². The number of fused-ring (bicyclic) bond motifs is 4. The third-order valence-corrected chi connectivity index (χ3v) is 14.2. The average molecular weight is 519 g/mol. The van der Waals surface area contributed by atoms with Crippen molar-refractivity contribution in [1.29, 1.82) is 0 Å². The van der Waals surface area contributed by atoms with Gasteiger partial charge in [-0.05, 0) is 117 Å². The van der Waals surface area contributed by atoms with Gasteiger partial charge in [0.1, 0.15) is 6.10 Å². The minimum absolute atomic E-state index is 0.0209. The lowest BCUT2D eigenvalue weighted by molar-refractivity contribution is -0.215. The highest BCUT2D eigenvalue weighted by molar-refractivity contribution is 5.32. The molecule has 0 radical (unpaired) electrons. The predicted molar refractivity (Wildman–Crippen MR) is 144 cm³/mol. The highest BCUT2D eigenvalue weighted by atomic mass is 16.6. The molecule has 6 aliphatic rings. The van der Waals surface area contributed by atoms with Crippen LogP contribution >= 0.6 is 0 Å². The molecule has 13 atom stereocenters. The molecular weight excluding hydrogens is 464 g/mol. The molecule has 5 nitrogen and oxygen atoms in total. The molecule has 5 saturated carbocycles. The van der Waals surface area contributed by atoms with Crippen LogP contribution < -0.4 is 0 Å². The van der Waals surface area contributed by atoms with Gasteiger partial charge in [0.2, 0.25) is 0 Å². The molecule has 5 aliphatic carbocycles. The number of ether oxygens (including phenoxy) is 2. The fourth-order valence-electron chi connectivity index (χ4n) is 12.5. The quantitative estimate of drug-likeness (QED) is 0.468. The van der Waals surface area contributed by atoms with Gasteiger partial charge in [0, 0.05) is 12.0 Å². The van der Waals surface area contributed by atoms with E-state index in [2.05, 4.69) is 34.6 Å². The van der Waals surface area contributed by atoms with Gasteiger partial charge < -0.3 is 24.8 Å². The number of hydrogen-bond donors (Lipinski definition) is 3. The van der Waals surface area contributed by atoms with Crippen LogP contribution in [0.5, 0.6) is 0 Å². The van der Waals surface area contributed by atoms with E-state index in [0.717, 1.165) is 32.1 Å². The fourth-order valence-corrected chi connectivity index (χ4v) is 12.5. The smallest absolute Gasteiger partial charge is 0.112 e. The second kappa shape index (κ2) is 7.96. The minimum Gasteiger partial charge on any atom is -0.393 e. The van der Waals surface area contributed by atoms with E-state index in [-0.39, 0.29) is 34.6 Å². The molecule has 0 aromatic heterocycles. The Morgan fingerprint density at radius 2 is 1.62 bits per heavy atom. The molecule has 6 rings (SSSR count). The summed E-state index contributed by atoms with van der Waals surface area (Å²) in [5.74, 6) is 1.82. The van der Waals surface area contributed by atoms with Crippen molar-refractivity contribution in [2.75, 3.05) is 6.61 Å². The van der Waals surface area contributed by atoms with Crippen molar-refractivity contribution >= 4 is 0 Å². The summed E-state index contributed by atoms with van der Waals surface area (Å²) in [6.07, 6.45) is 7.49. The molecule has 3 N–H and O–H groups in total. The molecule has 0 aromatic rings. The Bertz CT molecular complexity index is 927. The fraction of sp³-hybridized carbons (Fsp3) is 1.00. The number of hydrogen-bond acceptors (Lipinski definition) is 5. The van der Waals surface area contributed by atoms with Crippen LogP contribution in [0.1, 0.15) is 107 Å². The molecule has 6 fully saturated rings. The average Bonchev–Trinajstić information content (AvgIpc) is 3.44. The standard InChI is InChI=1S/C32H54O5/c1-9-36-26(28(5,6)35)19-16-18(2)23-24(37-19)25(34)30(8)21-11-10-20-27(3,4)22(33)12-13-31(20)17-32(21,31)15-14-29(23,30)7/h18-26,33-35H,9-17H2,1-8H3/t18-,19?,20+,21?,22+,23+,24?,25+,26+,29-,30-,31-,32?/m1/s1. The van der Waals surface area contributed by atoms with E-state index in [9.17, 15) is 15.3 Å². The molecule has 37 heavy (non-hydrogen) atoms. The number of aliphatic hydroxyl groups excluding tert-OH is 2. The van der Waals surface area contributed by atoms with Gasteiger partial charge in [0.25, 0.3) is 0 Å². The zero-order valence-electron chi connectivity index (χ0n) is 24.7. The summed E-state index contributed by atoms with van der Waals surface area (Å²) in [6.45, 7) is 18.0. The molecular formula is C32H54O5. The Hall–Kier alpha value is -0.200. The van der Waals surface area contributed by atoms with E-state index >= 15 is 0 Å². The monoisotopic (exact) mass is 518 g/mol. The maximum atomic E-state index is 12.3. The summed E-state index contributed by atoms with van der Waals surface area (Å²) in [7, 11) is 0. The third kappa shape index (κ3) is 3.10. The normalized spacial score (nSPS) is 56.8. The Kier molecular flexibility index (Phi) is 5.81. The highest BCUT2D eigenvalue weighted by Crippen LogP contribution is 2.89. The lowest BCUT2D eigenvalue weighted by Crippen LogP contribution is -2.59. The zero-order valence-corrected chi connectivity index (χ0v) is 24.7. The lowest BCUT2D eigenvalue weighted by atomic mass is 9.41. The summed E-state index contributed by atoms with van der Waals surface area (Å²) < 4.78 is 12.9. The van der Waals surface area contributed by atoms with Crippen molar-refractivity contribution < 1.29 is 24.8 Å². The number of aliphatic hydroxyl groups is 3. The van der Waals surface area contributed by atoms with Gasteiger partial charge in [-0.1, -0.05) is 34.6 Å². The third-order valence-electron chi connectivity index (χ3n) is 14.2. The van der Waals surface area contributed by atoms with Crippen LogP contribution in [-0.4, -0.2) is 58.0 Å². The molecule has 1 heterocycles. The van der Waals surface area contributed by atoms with Crippen LogP contribution in [0.2, 0.25) is 0 Å². The van der Waals surface area contributed by atoms with Gasteiger partial charge in [-0.2, -0.15) is 0 Å². The van der Waals surface area contributed by atoms with Crippen molar-refractivity contribution in [3.63, 3.8) is 0 Å². The summed E-state index contributed by atoms with van der Waals surface area (Å²) >= 11 is 0. The maximum Gasteiger partial charge on any atom is 0.112 e. The Morgan fingerprint density at radius 1 is 0.973 bits per heavy atom. The summed E-state index contributed by atoms with van der Waals surface area (Å²) in [5.41, 5.74) is -0.501.